The van der Waals surface area contributed by atoms with E-state index in [-0.39, 0.29) is 17.4 Å². The first-order valence-corrected chi connectivity index (χ1v) is 6.15. The van der Waals surface area contributed by atoms with Gasteiger partial charge in [0.1, 0.15) is 5.76 Å². The molecule has 17 heavy (non-hydrogen) atoms. The van der Waals surface area contributed by atoms with Gasteiger partial charge in [0.2, 0.25) is 0 Å². The molecule has 1 unspecified atom stereocenters. The third-order valence-corrected chi connectivity index (χ3v) is 3.39. The lowest BCUT2D eigenvalue weighted by molar-refractivity contribution is 0.0901. The number of nitrogens with one attached hydrogen (secondary N) is 1. The highest BCUT2D eigenvalue weighted by molar-refractivity contribution is 5.92. The second-order valence-electron chi connectivity index (χ2n) is 5.95. The SMILES string of the molecule is CC(NC(=O)c1cc(C2CC2)on1)C(C)(C)C. The van der Waals surface area contributed by atoms with E-state index in [1.165, 1.54) is 0 Å². The lowest BCUT2D eigenvalue weighted by Crippen LogP contribution is -2.41. The summed E-state index contributed by atoms with van der Waals surface area (Å²) in [6, 6.07) is 1.86. The molecule has 1 aromatic heterocycles. The van der Waals surface area contributed by atoms with Crippen molar-refractivity contribution in [2.75, 3.05) is 0 Å². The molecule has 0 spiro atoms. The van der Waals surface area contributed by atoms with E-state index in [0.717, 1.165) is 18.6 Å². The molecule has 0 aliphatic heterocycles. The predicted octanol–water partition coefficient (Wildman–Crippen LogP) is 2.72. The minimum absolute atomic E-state index is 0.0404. The molecule has 1 aromatic rings. The standard InChI is InChI=1S/C13H20N2O2/c1-8(13(2,3)4)14-12(16)10-7-11(17-15-10)9-5-6-9/h7-9H,5-6H2,1-4H3,(H,14,16). The predicted molar refractivity (Wildman–Crippen MR) is 64.9 cm³/mol. The van der Waals surface area contributed by atoms with Crippen molar-refractivity contribution >= 4 is 5.91 Å². The number of amides is 1. The fraction of sp³-hybridized carbons (Fsp3) is 0.692. The van der Waals surface area contributed by atoms with Crippen molar-refractivity contribution in [3.8, 4) is 0 Å². The molecule has 1 heterocycles. The van der Waals surface area contributed by atoms with Crippen LogP contribution in [0, 0.1) is 5.41 Å². The molecule has 94 valence electrons. The maximum atomic E-state index is 11.9. The number of hydrogen-bond donors (Lipinski definition) is 1. The van der Waals surface area contributed by atoms with Gasteiger partial charge in [0.05, 0.1) is 0 Å². The quantitative estimate of drug-likeness (QED) is 0.877. The first-order chi connectivity index (χ1) is 7.88. The molecule has 1 fully saturated rings. The first kappa shape index (κ1) is 12.1. The number of carbonyl (C=O) groups excluding carboxylic acids is 1. The van der Waals surface area contributed by atoms with Crippen LogP contribution in [-0.4, -0.2) is 17.1 Å². The van der Waals surface area contributed by atoms with Gasteiger partial charge in [0.15, 0.2) is 5.69 Å². The summed E-state index contributed by atoms with van der Waals surface area (Å²) in [4.78, 5) is 11.9. The van der Waals surface area contributed by atoms with Gasteiger partial charge >= 0.3 is 0 Å². The monoisotopic (exact) mass is 236 g/mol. The van der Waals surface area contributed by atoms with Gasteiger partial charge in [0.25, 0.3) is 5.91 Å². The van der Waals surface area contributed by atoms with E-state index in [9.17, 15) is 4.79 Å². The summed E-state index contributed by atoms with van der Waals surface area (Å²) >= 11 is 0. The van der Waals surface area contributed by atoms with Crippen LogP contribution in [0.15, 0.2) is 10.6 Å². The van der Waals surface area contributed by atoms with E-state index in [1.54, 1.807) is 6.07 Å². The van der Waals surface area contributed by atoms with Crippen molar-refractivity contribution in [1.29, 1.82) is 0 Å². The van der Waals surface area contributed by atoms with Crippen LogP contribution < -0.4 is 5.32 Å². The van der Waals surface area contributed by atoms with Gasteiger partial charge in [-0.3, -0.25) is 4.79 Å². The summed E-state index contributed by atoms with van der Waals surface area (Å²) in [6.45, 7) is 8.28. The van der Waals surface area contributed by atoms with Crippen LogP contribution in [0.4, 0.5) is 0 Å². The minimum Gasteiger partial charge on any atom is -0.360 e. The lowest BCUT2D eigenvalue weighted by atomic mass is 9.88. The molecule has 0 saturated heterocycles. The molecule has 1 aliphatic carbocycles. The average molecular weight is 236 g/mol. The number of carbonyl (C=O) groups is 1. The van der Waals surface area contributed by atoms with Gasteiger partial charge in [-0.1, -0.05) is 25.9 Å². The molecular formula is C13H20N2O2. The van der Waals surface area contributed by atoms with Gasteiger partial charge < -0.3 is 9.84 Å². The molecule has 1 aliphatic rings. The lowest BCUT2D eigenvalue weighted by Gasteiger charge is -2.27. The van der Waals surface area contributed by atoms with Gasteiger partial charge in [-0.15, -0.1) is 0 Å². The zero-order chi connectivity index (χ0) is 12.6. The zero-order valence-corrected chi connectivity index (χ0v) is 10.9. The molecule has 0 radical (unpaired) electrons. The molecule has 1 N–H and O–H groups in total. The summed E-state index contributed by atoms with van der Waals surface area (Å²) in [7, 11) is 0. The van der Waals surface area contributed by atoms with Gasteiger partial charge in [-0.2, -0.15) is 0 Å². The largest absolute Gasteiger partial charge is 0.360 e. The Bertz CT molecular complexity index is 413. The maximum Gasteiger partial charge on any atom is 0.273 e. The van der Waals surface area contributed by atoms with Gasteiger partial charge in [0, 0.05) is 18.0 Å². The fourth-order valence-electron chi connectivity index (χ4n) is 1.44. The normalized spacial score (nSPS) is 17.9. The number of hydrogen-bond acceptors (Lipinski definition) is 3. The summed E-state index contributed by atoms with van der Waals surface area (Å²) in [5.74, 6) is 1.19. The van der Waals surface area contributed by atoms with Crippen LogP contribution >= 0.6 is 0 Å². The highest BCUT2D eigenvalue weighted by Gasteiger charge is 2.29. The van der Waals surface area contributed by atoms with Crippen molar-refractivity contribution in [2.24, 2.45) is 5.41 Å². The van der Waals surface area contributed by atoms with E-state index < -0.39 is 0 Å². The van der Waals surface area contributed by atoms with Crippen molar-refractivity contribution in [3.63, 3.8) is 0 Å². The molecule has 1 saturated carbocycles. The molecule has 0 bridgehead atoms. The molecule has 1 atom stereocenters. The highest BCUT2D eigenvalue weighted by atomic mass is 16.5. The van der Waals surface area contributed by atoms with Crippen molar-refractivity contribution in [2.45, 2.75) is 52.5 Å². The van der Waals surface area contributed by atoms with Crippen LogP contribution in [0.25, 0.3) is 0 Å². The Morgan fingerprint density at radius 2 is 2.18 bits per heavy atom. The van der Waals surface area contributed by atoms with E-state index in [4.69, 9.17) is 4.52 Å². The van der Waals surface area contributed by atoms with Crippen LogP contribution in [-0.2, 0) is 0 Å². The molecule has 0 aromatic carbocycles. The minimum atomic E-state index is -0.150. The first-order valence-electron chi connectivity index (χ1n) is 6.15. The van der Waals surface area contributed by atoms with E-state index in [2.05, 4.69) is 31.2 Å². The smallest absolute Gasteiger partial charge is 0.273 e. The molecular weight excluding hydrogens is 216 g/mol. The van der Waals surface area contributed by atoms with E-state index in [0.29, 0.717) is 11.6 Å². The van der Waals surface area contributed by atoms with E-state index >= 15 is 0 Å². The Hall–Kier alpha value is -1.32. The molecule has 1 amide bonds. The molecule has 4 nitrogen and oxygen atoms in total. The van der Waals surface area contributed by atoms with Crippen LogP contribution in [0.1, 0.15) is 62.7 Å². The van der Waals surface area contributed by atoms with Crippen LogP contribution in [0.5, 0.6) is 0 Å². The maximum absolute atomic E-state index is 11.9. The summed E-state index contributed by atoms with van der Waals surface area (Å²) < 4.78 is 5.17. The topological polar surface area (TPSA) is 55.1 Å². The highest BCUT2D eigenvalue weighted by Crippen LogP contribution is 2.40. The zero-order valence-electron chi connectivity index (χ0n) is 10.9. The van der Waals surface area contributed by atoms with Gasteiger partial charge in [-0.25, -0.2) is 0 Å². The number of aromatic nitrogens is 1. The Morgan fingerprint density at radius 3 is 2.71 bits per heavy atom. The Labute approximate surface area is 102 Å². The van der Waals surface area contributed by atoms with Crippen molar-refractivity contribution < 1.29 is 9.32 Å². The Kier molecular flexibility index (Phi) is 2.98. The molecule has 4 heteroatoms. The van der Waals surface area contributed by atoms with Gasteiger partial charge in [-0.05, 0) is 25.2 Å². The summed E-state index contributed by atoms with van der Waals surface area (Å²) in [5.41, 5.74) is 0.432. The second kappa shape index (κ2) is 4.17. The van der Waals surface area contributed by atoms with Crippen LogP contribution in [0.3, 0.4) is 0 Å². The number of rotatable bonds is 3. The average Bonchev–Trinajstić information content (AvgIpc) is 2.95. The van der Waals surface area contributed by atoms with Crippen molar-refractivity contribution in [1.82, 2.24) is 10.5 Å². The fourth-order valence-corrected chi connectivity index (χ4v) is 1.44. The summed E-state index contributed by atoms with van der Waals surface area (Å²) in [6.07, 6.45) is 2.29. The third kappa shape index (κ3) is 2.87. The summed E-state index contributed by atoms with van der Waals surface area (Å²) in [5, 5.41) is 6.77. The second-order valence-corrected chi connectivity index (χ2v) is 5.95. The Morgan fingerprint density at radius 1 is 1.53 bits per heavy atom. The van der Waals surface area contributed by atoms with Crippen LogP contribution in [0.2, 0.25) is 0 Å². The van der Waals surface area contributed by atoms with E-state index in [1.807, 2.05) is 6.92 Å². The Balaban J connectivity index is 1.99. The van der Waals surface area contributed by atoms with Crippen molar-refractivity contribution in [3.05, 3.63) is 17.5 Å². The third-order valence-electron chi connectivity index (χ3n) is 3.39. The molecule has 2 rings (SSSR count). The number of nitrogens with zero attached hydrogens (tertiary/aromatic N) is 1.